The summed E-state index contributed by atoms with van der Waals surface area (Å²) in [5, 5.41) is 0. The predicted molar refractivity (Wildman–Crippen MR) is 253 cm³/mol. The van der Waals surface area contributed by atoms with Gasteiger partial charge >= 0.3 is 0 Å². The molecule has 0 N–H and O–H groups in total. The zero-order valence-corrected chi connectivity index (χ0v) is 38.5. The van der Waals surface area contributed by atoms with E-state index in [1.807, 2.05) is 6.92 Å². The molecular formula is C50H60N2O3Si3. The number of rotatable bonds is 19. The molecule has 8 heteroatoms. The van der Waals surface area contributed by atoms with E-state index in [9.17, 15) is 4.46 Å². The first-order valence-corrected chi connectivity index (χ1v) is 28.9. The van der Waals surface area contributed by atoms with Gasteiger partial charge in [0.2, 0.25) is 0 Å². The summed E-state index contributed by atoms with van der Waals surface area (Å²) >= 11 is 0. The molecule has 0 bridgehead atoms. The topological polar surface area (TPSA) is 42.0 Å². The molecule has 0 fully saturated rings. The molecule has 0 saturated carbocycles. The minimum atomic E-state index is -1.97. The Labute approximate surface area is 351 Å². The van der Waals surface area contributed by atoms with Crippen LogP contribution in [0.15, 0.2) is 152 Å². The second kappa shape index (κ2) is 19.7. The molecule has 300 valence electrons. The summed E-state index contributed by atoms with van der Waals surface area (Å²) < 4.78 is 25.5. The maximum atomic E-state index is 12.5. The highest BCUT2D eigenvalue weighted by Crippen LogP contribution is 2.39. The first kappa shape index (κ1) is 42.7. The molecule has 6 aromatic rings. The van der Waals surface area contributed by atoms with Crippen molar-refractivity contribution in [3.05, 3.63) is 163 Å². The van der Waals surface area contributed by atoms with Crippen LogP contribution in [0, 0.1) is 13.8 Å². The molecule has 0 aliphatic carbocycles. The molecular weight excluding hydrogens is 761 g/mol. The summed E-state index contributed by atoms with van der Waals surface area (Å²) in [6, 6.07) is 55.9. The normalized spacial score (nSPS) is 12.5. The summed E-state index contributed by atoms with van der Waals surface area (Å²) in [6.45, 7) is 16.1. The Morgan fingerprint density at radius 2 is 1.00 bits per heavy atom. The number of para-hydroxylation sites is 1. The Morgan fingerprint density at radius 1 is 0.534 bits per heavy atom. The van der Waals surface area contributed by atoms with Crippen LogP contribution >= 0.6 is 0 Å². The van der Waals surface area contributed by atoms with Crippen molar-refractivity contribution >= 4 is 59.4 Å². The lowest BCUT2D eigenvalue weighted by Crippen LogP contribution is -2.46. The van der Waals surface area contributed by atoms with Gasteiger partial charge in [-0.25, -0.2) is 0 Å². The number of benzene rings is 6. The lowest BCUT2D eigenvalue weighted by atomic mass is 10.0. The number of unbranched alkanes of at least 4 members (excludes halogenated alkanes) is 2. The average Bonchev–Trinajstić information content (AvgIpc) is 3.20. The number of hydrogen-bond donors (Lipinski definition) is 0. The van der Waals surface area contributed by atoms with Crippen molar-refractivity contribution in [1.29, 1.82) is 0 Å². The van der Waals surface area contributed by atoms with Crippen LogP contribution in [0.1, 0.15) is 37.3 Å². The van der Waals surface area contributed by atoms with Gasteiger partial charge in [0.15, 0.2) is 16.6 Å². The third kappa shape index (κ3) is 11.9. The van der Waals surface area contributed by atoms with E-state index in [0.717, 1.165) is 82.5 Å². The van der Waals surface area contributed by atoms with Gasteiger partial charge in [-0.3, -0.25) is 0 Å². The quantitative estimate of drug-likeness (QED) is 0.0601. The lowest BCUT2D eigenvalue weighted by Gasteiger charge is -2.34. The maximum absolute atomic E-state index is 12.5. The minimum Gasteiger partial charge on any atom is -0.494 e. The molecule has 6 rings (SSSR count). The zero-order chi connectivity index (χ0) is 41.1. The van der Waals surface area contributed by atoms with Gasteiger partial charge in [-0.05, 0) is 166 Å². The molecule has 0 heterocycles. The van der Waals surface area contributed by atoms with Crippen LogP contribution in [-0.2, 0) is 8.58 Å². The van der Waals surface area contributed by atoms with Crippen LogP contribution in [-0.4, -0.2) is 31.9 Å². The van der Waals surface area contributed by atoms with Crippen molar-refractivity contribution in [3.8, 4) is 16.9 Å². The number of anilines is 6. The second-order valence-corrected chi connectivity index (χ2v) is 28.3. The van der Waals surface area contributed by atoms with Gasteiger partial charge in [-0.1, -0.05) is 86.5 Å². The average molecular weight is 821 g/mol. The van der Waals surface area contributed by atoms with Crippen LogP contribution in [0.3, 0.4) is 0 Å². The Balaban J connectivity index is 1.12. The van der Waals surface area contributed by atoms with Gasteiger partial charge < -0.3 is 23.1 Å². The lowest BCUT2D eigenvalue weighted by molar-refractivity contribution is 0.306. The van der Waals surface area contributed by atoms with Crippen LogP contribution in [0.2, 0.25) is 43.9 Å². The number of nitrogens with zero attached hydrogens (tertiary/aromatic N) is 2. The molecule has 0 aromatic heterocycles. The highest BCUT2D eigenvalue weighted by molar-refractivity contribution is 6.89. The van der Waals surface area contributed by atoms with Gasteiger partial charge in [0.25, 0.3) is 8.68 Å². The summed E-state index contributed by atoms with van der Waals surface area (Å²) in [6.07, 6.45) is 3.18. The summed E-state index contributed by atoms with van der Waals surface area (Å²) in [4.78, 5) is 4.61. The monoisotopic (exact) mass is 820 g/mol. The van der Waals surface area contributed by atoms with Crippen molar-refractivity contribution in [3.63, 3.8) is 0 Å². The molecule has 0 saturated heterocycles. The van der Waals surface area contributed by atoms with E-state index in [1.165, 1.54) is 16.7 Å². The summed E-state index contributed by atoms with van der Waals surface area (Å²) in [5.74, 6) is 0.878. The summed E-state index contributed by atoms with van der Waals surface area (Å²) in [5.41, 5.74) is 12.3. The van der Waals surface area contributed by atoms with Crippen LogP contribution in [0.4, 0.5) is 34.1 Å². The zero-order valence-electron chi connectivity index (χ0n) is 35.5. The van der Waals surface area contributed by atoms with Crippen molar-refractivity contribution in [2.45, 2.75) is 84.0 Å². The molecule has 5 nitrogen and oxygen atoms in total. The molecule has 6 aromatic carbocycles. The number of hydrogen-bond acceptors (Lipinski definition) is 5. The van der Waals surface area contributed by atoms with Crippen molar-refractivity contribution < 1.29 is 13.3 Å². The first-order valence-electron chi connectivity index (χ1n) is 20.8. The third-order valence-corrected chi connectivity index (χ3v) is 21.5. The van der Waals surface area contributed by atoms with Crippen LogP contribution in [0.5, 0.6) is 5.75 Å². The van der Waals surface area contributed by atoms with E-state index in [1.54, 1.807) is 0 Å². The SMILES string of the molecule is CC[Si](=O)C[Si](C)(CCCCCOc1ccc(N(c2ccc(-c3ccc(N(c4ccccc4)c4cccc(C)c4)cc3)cc2)c2cccc(C)c2)cc1)O[Si](C)(C)C. The van der Waals surface area contributed by atoms with E-state index in [-0.39, 0.29) is 0 Å². The Hall–Kier alpha value is -4.87. The molecule has 0 amide bonds. The van der Waals surface area contributed by atoms with Gasteiger partial charge in [0.1, 0.15) is 5.75 Å². The van der Waals surface area contributed by atoms with Gasteiger partial charge in [-0.2, -0.15) is 0 Å². The molecule has 0 aliphatic heterocycles. The molecule has 1 unspecified atom stereocenters. The fourth-order valence-electron chi connectivity index (χ4n) is 7.73. The van der Waals surface area contributed by atoms with Gasteiger partial charge in [-0.15, -0.1) is 0 Å². The van der Waals surface area contributed by atoms with Crippen molar-refractivity contribution in [2.24, 2.45) is 0 Å². The molecule has 1 atom stereocenters. The van der Waals surface area contributed by atoms with Crippen molar-refractivity contribution in [2.75, 3.05) is 16.4 Å². The minimum absolute atomic E-state index is 0.679. The van der Waals surface area contributed by atoms with E-state index in [2.05, 4.69) is 201 Å². The van der Waals surface area contributed by atoms with E-state index >= 15 is 0 Å². The highest BCUT2D eigenvalue weighted by Gasteiger charge is 2.36. The largest absolute Gasteiger partial charge is 0.494 e. The predicted octanol–water partition coefficient (Wildman–Crippen LogP) is 14.9. The van der Waals surface area contributed by atoms with E-state index < -0.39 is 25.3 Å². The maximum Gasteiger partial charge on any atom is 0.275 e. The molecule has 0 aliphatic rings. The standard InChI is InChI=1S/C50H60N2O3Si3/c1-8-56(53)39-58(7,55-57(4,5)6)36-14-10-13-35-54-50-33-31-47(32-34-50)52(49-22-16-18-41(3)38-49)46-29-25-43(26-30-46)42-23-27-45(28-24-42)51(44-19-11-9-12-20-44)48-21-15-17-40(2)37-48/h9,11-12,15-34,37-38H,8,10,13-14,35-36,39H2,1-7H3. The van der Waals surface area contributed by atoms with Crippen LogP contribution < -0.4 is 14.5 Å². The smallest absolute Gasteiger partial charge is 0.275 e. The Morgan fingerprint density at radius 3 is 1.47 bits per heavy atom. The number of aryl methyl sites for hydroxylation is 2. The third-order valence-electron chi connectivity index (χ3n) is 10.4. The van der Waals surface area contributed by atoms with Crippen LogP contribution in [0.25, 0.3) is 11.1 Å². The highest BCUT2D eigenvalue weighted by atomic mass is 28.4. The van der Waals surface area contributed by atoms with Gasteiger partial charge in [0, 0.05) is 39.8 Å². The fourth-order valence-corrected chi connectivity index (χ4v) is 21.0. The Kier molecular flexibility index (Phi) is 14.5. The van der Waals surface area contributed by atoms with Gasteiger partial charge in [0.05, 0.1) is 6.61 Å². The van der Waals surface area contributed by atoms with E-state index in [4.69, 9.17) is 8.85 Å². The molecule has 0 spiro atoms. The Bertz CT molecular complexity index is 2220. The number of ether oxygens (including phenoxy) is 1. The van der Waals surface area contributed by atoms with Crippen molar-refractivity contribution in [1.82, 2.24) is 0 Å². The molecule has 0 radical (unpaired) electrons. The first-order chi connectivity index (χ1) is 27.9. The molecule has 58 heavy (non-hydrogen) atoms. The second-order valence-electron chi connectivity index (χ2n) is 16.7. The summed E-state index contributed by atoms with van der Waals surface area (Å²) in [7, 11) is -5.20. The van der Waals surface area contributed by atoms with E-state index in [0.29, 0.717) is 6.61 Å². The fraction of sp³-hybridized carbons (Fsp3) is 0.280.